The Kier molecular flexibility index (Phi) is 4.26. The van der Waals surface area contributed by atoms with Crippen LogP contribution in [0.2, 0.25) is 0 Å². The molecule has 2 rings (SSSR count). The SMILES string of the molecule is Nc1ccc(CN2CCN(C(=O)O)CC2)cc1C(F)(F)F. The van der Waals surface area contributed by atoms with Crippen molar-refractivity contribution in [2.24, 2.45) is 0 Å². The summed E-state index contributed by atoms with van der Waals surface area (Å²) in [4.78, 5) is 14.0. The summed E-state index contributed by atoms with van der Waals surface area (Å²) in [6, 6.07) is 3.87. The van der Waals surface area contributed by atoms with Crippen molar-refractivity contribution in [2.75, 3.05) is 31.9 Å². The minimum absolute atomic E-state index is 0.290. The Morgan fingerprint density at radius 2 is 1.86 bits per heavy atom. The average molecular weight is 303 g/mol. The normalized spacial score (nSPS) is 17.0. The monoisotopic (exact) mass is 303 g/mol. The van der Waals surface area contributed by atoms with Gasteiger partial charge in [-0.2, -0.15) is 13.2 Å². The fourth-order valence-corrected chi connectivity index (χ4v) is 2.30. The van der Waals surface area contributed by atoms with Crippen LogP contribution in [0.25, 0.3) is 0 Å². The molecule has 1 aromatic carbocycles. The lowest BCUT2D eigenvalue weighted by Crippen LogP contribution is -2.47. The Morgan fingerprint density at radius 3 is 2.38 bits per heavy atom. The van der Waals surface area contributed by atoms with E-state index < -0.39 is 17.8 Å². The zero-order chi connectivity index (χ0) is 15.6. The summed E-state index contributed by atoms with van der Waals surface area (Å²) in [5, 5.41) is 8.84. The lowest BCUT2D eigenvalue weighted by molar-refractivity contribution is -0.137. The summed E-state index contributed by atoms with van der Waals surface area (Å²) in [6.45, 7) is 2.06. The van der Waals surface area contributed by atoms with Crippen LogP contribution in [0.4, 0.5) is 23.7 Å². The summed E-state index contributed by atoms with van der Waals surface area (Å²) < 4.78 is 38.3. The third-order valence-electron chi connectivity index (χ3n) is 3.47. The number of halogens is 3. The number of rotatable bonds is 2. The van der Waals surface area contributed by atoms with E-state index in [0.717, 1.165) is 6.07 Å². The van der Waals surface area contributed by atoms with E-state index in [0.29, 0.717) is 38.3 Å². The maximum atomic E-state index is 12.8. The molecule has 0 aromatic heterocycles. The van der Waals surface area contributed by atoms with Gasteiger partial charge in [0.25, 0.3) is 0 Å². The number of hydrogen-bond acceptors (Lipinski definition) is 3. The van der Waals surface area contributed by atoms with Crippen molar-refractivity contribution in [3.63, 3.8) is 0 Å². The van der Waals surface area contributed by atoms with Gasteiger partial charge >= 0.3 is 12.3 Å². The van der Waals surface area contributed by atoms with Crippen molar-refractivity contribution < 1.29 is 23.1 Å². The molecule has 0 atom stereocenters. The maximum Gasteiger partial charge on any atom is 0.418 e. The maximum absolute atomic E-state index is 12.8. The van der Waals surface area contributed by atoms with E-state index >= 15 is 0 Å². The topological polar surface area (TPSA) is 69.8 Å². The lowest BCUT2D eigenvalue weighted by Gasteiger charge is -2.33. The largest absolute Gasteiger partial charge is 0.465 e. The molecule has 0 unspecified atom stereocenters. The molecule has 1 aliphatic rings. The van der Waals surface area contributed by atoms with Gasteiger partial charge in [0.1, 0.15) is 0 Å². The molecule has 0 saturated carbocycles. The molecule has 0 aliphatic carbocycles. The smallest absolute Gasteiger partial charge is 0.418 e. The highest BCUT2D eigenvalue weighted by Gasteiger charge is 2.33. The number of hydrogen-bond donors (Lipinski definition) is 2. The third-order valence-corrected chi connectivity index (χ3v) is 3.47. The molecule has 1 aromatic rings. The van der Waals surface area contributed by atoms with Crippen molar-refractivity contribution >= 4 is 11.8 Å². The molecule has 5 nitrogen and oxygen atoms in total. The van der Waals surface area contributed by atoms with Crippen molar-refractivity contribution in [3.8, 4) is 0 Å². The number of nitrogens with two attached hydrogens (primary N) is 1. The van der Waals surface area contributed by atoms with Crippen LogP contribution in [0.15, 0.2) is 18.2 Å². The van der Waals surface area contributed by atoms with Crippen molar-refractivity contribution in [3.05, 3.63) is 29.3 Å². The Hall–Kier alpha value is -1.96. The summed E-state index contributed by atoms with van der Waals surface area (Å²) in [6.07, 6.45) is -5.44. The number of nitrogens with zero attached hydrogens (tertiary/aromatic N) is 2. The number of benzene rings is 1. The summed E-state index contributed by atoms with van der Waals surface area (Å²) >= 11 is 0. The second kappa shape index (κ2) is 5.80. The predicted molar refractivity (Wildman–Crippen MR) is 70.7 cm³/mol. The first-order valence-corrected chi connectivity index (χ1v) is 6.43. The molecule has 0 bridgehead atoms. The van der Waals surface area contributed by atoms with Crippen molar-refractivity contribution in [1.82, 2.24) is 9.80 Å². The van der Waals surface area contributed by atoms with E-state index in [-0.39, 0.29) is 5.69 Å². The van der Waals surface area contributed by atoms with Crippen molar-refractivity contribution in [1.29, 1.82) is 0 Å². The van der Waals surface area contributed by atoms with Crippen LogP contribution >= 0.6 is 0 Å². The number of carboxylic acid groups (broad SMARTS) is 1. The van der Waals surface area contributed by atoms with E-state index in [2.05, 4.69) is 0 Å². The highest BCUT2D eigenvalue weighted by Crippen LogP contribution is 2.34. The zero-order valence-corrected chi connectivity index (χ0v) is 11.2. The highest BCUT2D eigenvalue weighted by atomic mass is 19.4. The van der Waals surface area contributed by atoms with Gasteiger partial charge in [0.05, 0.1) is 5.56 Å². The van der Waals surface area contributed by atoms with Gasteiger partial charge in [-0.1, -0.05) is 6.07 Å². The first-order valence-electron chi connectivity index (χ1n) is 6.43. The summed E-state index contributed by atoms with van der Waals surface area (Å²) in [5.74, 6) is 0. The second-order valence-corrected chi connectivity index (χ2v) is 4.97. The molecule has 116 valence electrons. The highest BCUT2D eigenvalue weighted by molar-refractivity contribution is 5.65. The predicted octanol–water partition coefficient (Wildman–Crippen LogP) is 2.08. The van der Waals surface area contributed by atoms with E-state index in [1.807, 2.05) is 4.90 Å². The number of anilines is 1. The zero-order valence-electron chi connectivity index (χ0n) is 11.2. The van der Waals surface area contributed by atoms with Crippen LogP contribution in [0, 0.1) is 0 Å². The number of alkyl halides is 3. The standard InChI is InChI=1S/C13H16F3N3O2/c14-13(15,16)10-7-9(1-2-11(10)17)8-18-3-5-19(6-4-18)12(20)21/h1-2,7H,3-6,8,17H2,(H,20,21). The Bertz CT molecular complexity index is 526. The Morgan fingerprint density at radius 1 is 1.24 bits per heavy atom. The van der Waals surface area contributed by atoms with E-state index in [4.69, 9.17) is 10.8 Å². The number of nitrogen functional groups attached to an aromatic ring is 1. The fraction of sp³-hybridized carbons (Fsp3) is 0.462. The first-order chi connectivity index (χ1) is 9.77. The van der Waals surface area contributed by atoms with Crippen LogP contribution in [0.3, 0.4) is 0 Å². The van der Waals surface area contributed by atoms with Crippen LogP contribution in [0.1, 0.15) is 11.1 Å². The van der Waals surface area contributed by atoms with Gasteiger partial charge in [-0.3, -0.25) is 4.90 Å². The van der Waals surface area contributed by atoms with Crippen LogP contribution in [-0.4, -0.2) is 47.2 Å². The number of carbonyl (C=O) groups is 1. The molecule has 0 spiro atoms. The molecule has 0 radical (unpaired) electrons. The van der Waals surface area contributed by atoms with Crippen LogP contribution < -0.4 is 5.73 Å². The first kappa shape index (κ1) is 15.4. The van der Waals surface area contributed by atoms with Crippen molar-refractivity contribution in [2.45, 2.75) is 12.7 Å². The molecule has 21 heavy (non-hydrogen) atoms. The second-order valence-electron chi connectivity index (χ2n) is 4.97. The molecular weight excluding hydrogens is 287 g/mol. The molecule has 1 amide bonds. The molecule has 1 aliphatic heterocycles. The third kappa shape index (κ3) is 3.78. The lowest BCUT2D eigenvalue weighted by atomic mass is 10.1. The van der Waals surface area contributed by atoms with Gasteiger partial charge in [-0.25, -0.2) is 4.79 Å². The molecule has 1 saturated heterocycles. The fourth-order valence-electron chi connectivity index (χ4n) is 2.30. The molecule has 8 heteroatoms. The minimum atomic E-state index is -4.47. The van der Waals surface area contributed by atoms with Gasteiger partial charge in [0.15, 0.2) is 0 Å². The number of piperazine rings is 1. The summed E-state index contributed by atoms with van der Waals surface area (Å²) in [7, 11) is 0. The minimum Gasteiger partial charge on any atom is -0.465 e. The quantitative estimate of drug-likeness (QED) is 0.821. The van der Waals surface area contributed by atoms with Crippen LogP contribution in [0.5, 0.6) is 0 Å². The van der Waals surface area contributed by atoms with Gasteiger partial charge < -0.3 is 15.7 Å². The van der Waals surface area contributed by atoms with E-state index in [1.165, 1.54) is 11.0 Å². The van der Waals surface area contributed by atoms with Gasteiger partial charge in [-0.15, -0.1) is 0 Å². The van der Waals surface area contributed by atoms with Crippen LogP contribution in [-0.2, 0) is 12.7 Å². The molecule has 1 fully saturated rings. The molecule has 3 N–H and O–H groups in total. The Labute approximate surface area is 119 Å². The van der Waals surface area contributed by atoms with Gasteiger partial charge in [0.2, 0.25) is 0 Å². The van der Waals surface area contributed by atoms with E-state index in [9.17, 15) is 18.0 Å². The summed E-state index contributed by atoms with van der Waals surface area (Å²) in [5.41, 5.74) is 4.75. The molecular formula is C13H16F3N3O2. The molecule has 1 heterocycles. The Balaban J connectivity index is 2.03. The number of amides is 1. The van der Waals surface area contributed by atoms with E-state index in [1.54, 1.807) is 6.07 Å². The van der Waals surface area contributed by atoms with Gasteiger partial charge in [-0.05, 0) is 17.7 Å². The average Bonchev–Trinajstić information content (AvgIpc) is 2.40. The van der Waals surface area contributed by atoms with Gasteiger partial charge in [0, 0.05) is 38.4 Å².